The highest BCUT2D eigenvalue weighted by Crippen LogP contribution is 2.31. The Morgan fingerprint density at radius 3 is 2.93 bits per heavy atom. The normalized spacial score (nSPS) is 30.1. The first-order chi connectivity index (χ1) is 6.76. The first kappa shape index (κ1) is 9.49. The second-order valence-electron chi connectivity index (χ2n) is 3.80. The lowest BCUT2D eigenvalue weighted by molar-refractivity contribution is 0.264. The Bertz CT molecular complexity index is 317. The Morgan fingerprint density at radius 2 is 2.29 bits per heavy atom. The van der Waals surface area contributed by atoms with Gasteiger partial charge in [0.15, 0.2) is 0 Å². The fraction of sp³-hybridized carbons (Fsp3) is 0.455. The second-order valence-corrected chi connectivity index (χ2v) is 3.80. The zero-order valence-electron chi connectivity index (χ0n) is 8.35. The molecule has 1 aliphatic heterocycles. The predicted octanol–water partition coefficient (Wildman–Crippen LogP) is 0.248. The van der Waals surface area contributed by atoms with Crippen LogP contribution in [0.1, 0.15) is 0 Å². The summed E-state index contributed by atoms with van der Waals surface area (Å²) in [5.74, 6) is 0.400. The Labute approximate surface area is 84.2 Å². The van der Waals surface area contributed by atoms with Crippen molar-refractivity contribution in [2.75, 3.05) is 20.2 Å². The smallest absolute Gasteiger partial charge is 0.0826 e. The third kappa shape index (κ3) is 1.38. The maximum absolute atomic E-state index is 9.13. The van der Waals surface area contributed by atoms with Crippen LogP contribution in [0.3, 0.4) is 0 Å². The average molecular weight is 192 g/mol. The fourth-order valence-corrected chi connectivity index (χ4v) is 2.09. The Kier molecular flexibility index (Phi) is 2.44. The van der Waals surface area contributed by atoms with Crippen LogP contribution in [0.15, 0.2) is 35.6 Å². The van der Waals surface area contributed by atoms with Crippen molar-refractivity contribution < 1.29 is 5.11 Å². The molecule has 0 spiro atoms. The molecule has 76 valence electrons. The average Bonchev–Trinajstić information content (AvgIpc) is 2.55. The molecule has 2 atom stereocenters. The van der Waals surface area contributed by atoms with Crippen LogP contribution in [0.5, 0.6) is 0 Å². The summed E-state index contributed by atoms with van der Waals surface area (Å²) in [4.78, 5) is 2.11. The summed E-state index contributed by atoms with van der Waals surface area (Å²) < 4.78 is 0. The maximum Gasteiger partial charge on any atom is 0.0826 e. The van der Waals surface area contributed by atoms with E-state index in [1.165, 1.54) is 5.57 Å². The van der Waals surface area contributed by atoms with Gasteiger partial charge in [0.2, 0.25) is 0 Å². The van der Waals surface area contributed by atoms with Gasteiger partial charge in [-0.2, -0.15) is 0 Å². The Hall–Kier alpha value is -1.06. The van der Waals surface area contributed by atoms with Gasteiger partial charge < -0.3 is 15.7 Å². The standard InChI is InChI=1S/C11H16N2O/c1-13-10(7-14)5-9-3-2-8(6-12)4-11(9)13/h2-5,9,11,14H,6-7,12H2,1H3. The quantitative estimate of drug-likeness (QED) is 0.659. The van der Waals surface area contributed by atoms with Crippen molar-refractivity contribution in [1.29, 1.82) is 0 Å². The van der Waals surface area contributed by atoms with Gasteiger partial charge in [0.1, 0.15) is 0 Å². The summed E-state index contributed by atoms with van der Waals surface area (Å²) in [6.07, 6.45) is 8.53. The molecule has 1 aliphatic carbocycles. The fourth-order valence-electron chi connectivity index (χ4n) is 2.09. The number of nitrogens with two attached hydrogens (primary N) is 1. The lowest BCUT2D eigenvalue weighted by atomic mass is 9.93. The van der Waals surface area contributed by atoms with Crippen LogP contribution in [0.25, 0.3) is 0 Å². The molecular weight excluding hydrogens is 176 g/mol. The van der Waals surface area contributed by atoms with E-state index in [1.54, 1.807) is 0 Å². The van der Waals surface area contributed by atoms with Crippen molar-refractivity contribution in [2.24, 2.45) is 11.7 Å². The highest BCUT2D eigenvalue weighted by molar-refractivity contribution is 5.35. The summed E-state index contributed by atoms with van der Waals surface area (Å²) in [7, 11) is 2.01. The number of aliphatic hydroxyl groups is 1. The zero-order valence-corrected chi connectivity index (χ0v) is 8.35. The van der Waals surface area contributed by atoms with E-state index in [0.29, 0.717) is 18.5 Å². The number of nitrogens with zero attached hydrogens (tertiary/aromatic N) is 1. The highest BCUT2D eigenvalue weighted by Gasteiger charge is 2.30. The van der Waals surface area contributed by atoms with Gasteiger partial charge in [0.25, 0.3) is 0 Å². The van der Waals surface area contributed by atoms with Gasteiger partial charge >= 0.3 is 0 Å². The van der Waals surface area contributed by atoms with Crippen LogP contribution >= 0.6 is 0 Å². The highest BCUT2D eigenvalue weighted by atomic mass is 16.3. The van der Waals surface area contributed by atoms with Gasteiger partial charge in [-0.05, 0) is 5.57 Å². The van der Waals surface area contributed by atoms with Gasteiger partial charge in [-0.25, -0.2) is 0 Å². The lowest BCUT2D eigenvalue weighted by Gasteiger charge is -2.27. The number of likely N-dealkylation sites (N-methyl/N-ethyl adjacent to an activating group) is 1. The molecule has 2 unspecified atom stereocenters. The summed E-state index contributed by atoms with van der Waals surface area (Å²) in [5, 5.41) is 9.13. The lowest BCUT2D eigenvalue weighted by Crippen LogP contribution is -2.31. The van der Waals surface area contributed by atoms with E-state index in [9.17, 15) is 0 Å². The van der Waals surface area contributed by atoms with Crippen LogP contribution in [-0.2, 0) is 0 Å². The summed E-state index contributed by atoms with van der Waals surface area (Å²) in [6.45, 7) is 0.700. The first-order valence-corrected chi connectivity index (χ1v) is 4.89. The van der Waals surface area contributed by atoms with E-state index >= 15 is 0 Å². The van der Waals surface area contributed by atoms with Crippen LogP contribution in [0.4, 0.5) is 0 Å². The molecule has 2 rings (SSSR count). The molecule has 0 aromatic rings. The molecule has 0 fully saturated rings. The van der Waals surface area contributed by atoms with Crippen LogP contribution in [-0.4, -0.2) is 36.2 Å². The minimum Gasteiger partial charge on any atom is -0.390 e. The van der Waals surface area contributed by atoms with Crippen molar-refractivity contribution in [3.8, 4) is 0 Å². The summed E-state index contributed by atoms with van der Waals surface area (Å²) in [5.41, 5.74) is 7.77. The van der Waals surface area contributed by atoms with Crippen molar-refractivity contribution >= 4 is 0 Å². The Balaban J connectivity index is 2.22. The molecule has 0 aromatic carbocycles. The van der Waals surface area contributed by atoms with E-state index in [0.717, 1.165) is 5.70 Å². The minimum absolute atomic E-state index is 0.114. The predicted molar refractivity (Wildman–Crippen MR) is 56.5 cm³/mol. The molecule has 0 saturated carbocycles. The van der Waals surface area contributed by atoms with E-state index in [-0.39, 0.29) is 6.61 Å². The van der Waals surface area contributed by atoms with Crippen molar-refractivity contribution in [3.63, 3.8) is 0 Å². The first-order valence-electron chi connectivity index (χ1n) is 4.89. The molecule has 14 heavy (non-hydrogen) atoms. The van der Waals surface area contributed by atoms with E-state index < -0.39 is 0 Å². The molecule has 0 bridgehead atoms. The topological polar surface area (TPSA) is 49.5 Å². The van der Waals surface area contributed by atoms with Crippen molar-refractivity contribution in [2.45, 2.75) is 6.04 Å². The van der Waals surface area contributed by atoms with Crippen LogP contribution in [0.2, 0.25) is 0 Å². The number of hydrogen-bond donors (Lipinski definition) is 2. The van der Waals surface area contributed by atoms with Crippen LogP contribution in [0, 0.1) is 5.92 Å². The van der Waals surface area contributed by atoms with E-state index in [4.69, 9.17) is 10.8 Å². The number of hydrogen-bond acceptors (Lipinski definition) is 3. The maximum atomic E-state index is 9.13. The summed E-state index contributed by atoms with van der Waals surface area (Å²) in [6, 6.07) is 0.348. The molecule has 0 radical (unpaired) electrons. The van der Waals surface area contributed by atoms with Crippen LogP contribution < -0.4 is 5.73 Å². The largest absolute Gasteiger partial charge is 0.390 e. The molecule has 0 aromatic heterocycles. The third-order valence-electron chi connectivity index (χ3n) is 2.99. The van der Waals surface area contributed by atoms with Gasteiger partial charge in [-0.3, -0.25) is 0 Å². The third-order valence-corrected chi connectivity index (χ3v) is 2.99. The Morgan fingerprint density at radius 1 is 1.50 bits per heavy atom. The molecule has 2 aliphatic rings. The monoisotopic (exact) mass is 192 g/mol. The molecule has 0 saturated heterocycles. The number of rotatable bonds is 2. The molecular formula is C11H16N2O. The molecule has 0 amide bonds. The zero-order chi connectivity index (χ0) is 10.1. The summed E-state index contributed by atoms with van der Waals surface area (Å²) >= 11 is 0. The minimum atomic E-state index is 0.114. The number of aliphatic hydroxyl groups excluding tert-OH is 1. The van der Waals surface area contributed by atoms with Gasteiger partial charge in [-0.1, -0.05) is 24.3 Å². The van der Waals surface area contributed by atoms with Gasteiger partial charge in [0.05, 0.1) is 12.6 Å². The SMILES string of the molecule is CN1C(CO)=CC2C=CC(CN)=CC21. The van der Waals surface area contributed by atoms with Crippen molar-refractivity contribution in [1.82, 2.24) is 4.90 Å². The second kappa shape index (κ2) is 3.59. The number of fused-ring (bicyclic) bond motifs is 1. The van der Waals surface area contributed by atoms with E-state index in [1.807, 2.05) is 7.05 Å². The van der Waals surface area contributed by atoms with Gasteiger partial charge in [-0.15, -0.1) is 0 Å². The molecule has 3 nitrogen and oxygen atoms in total. The van der Waals surface area contributed by atoms with Crippen molar-refractivity contribution in [3.05, 3.63) is 35.6 Å². The molecule has 3 N–H and O–H groups in total. The molecule has 1 heterocycles. The van der Waals surface area contributed by atoms with E-state index in [2.05, 4.69) is 29.2 Å². The van der Waals surface area contributed by atoms with Gasteiger partial charge in [0, 0.05) is 25.2 Å². The molecule has 3 heteroatoms.